The van der Waals surface area contributed by atoms with Crippen molar-refractivity contribution in [3.8, 4) is 0 Å². The van der Waals surface area contributed by atoms with Crippen LogP contribution >= 0.6 is 0 Å². The van der Waals surface area contributed by atoms with Crippen LogP contribution in [0.2, 0.25) is 0 Å². The first kappa shape index (κ1) is 16.1. The summed E-state index contributed by atoms with van der Waals surface area (Å²) in [5, 5.41) is 3.37. The Hall–Kier alpha value is -1.39. The second-order valence-corrected chi connectivity index (χ2v) is 7.58. The summed E-state index contributed by atoms with van der Waals surface area (Å²) in [5.74, 6) is 0.171. The van der Waals surface area contributed by atoms with Crippen molar-refractivity contribution in [2.45, 2.75) is 62.6 Å². The van der Waals surface area contributed by atoms with Crippen LogP contribution in [0, 0.1) is 0 Å². The van der Waals surface area contributed by atoms with E-state index in [2.05, 4.69) is 34.5 Å². The Bertz CT molecular complexity index is 568. The molecule has 0 radical (unpaired) electrons. The highest BCUT2D eigenvalue weighted by molar-refractivity contribution is 5.79. The van der Waals surface area contributed by atoms with E-state index in [4.69, 9.17) is 4.74 Å². The van der Waals surface area contributed by atoms with E-state index in [1.54, 1.807) is 0 Å². The van der Waals surface area contributed by atoms with Crippen molar-refractivity contribution >= 4 is 5.91 Å². The molecule has 24 heavy (non-hydrogen) atoms. The van der Waals surface area contributed by atoms with E-state index >= 15 is 0 Å². The average molecular weight is 328 g/mol. The molecule has 1 aliphatic heterocycles. The average Bonchev–Trinajstić information content (AvgIpc) is 2.59. The van der Waals surface area contributed by atoms with Gasteiger partial charge in [-0.3, -0.25) is 9.69 Å². The summed E-state index contributed by atoms with van der Waals surface area (Å²) < 4.78 is 5.92. The number of nitrogens with one attached hydrogen (secondary N) is 1. The highest BCUT2D eigenvalue weighted by Gasteiger charge is 2.41. The first-order chi connectivity index (χ1) is 11.8. The number of carbonyl (C=O) groups excluding carboxylic acids is 1. The standard InChI is InChI=1S/C20H28N2O2/c23-19(15-22-13-14-24-18-10-5-4-9-17(18)22)21-20(11-6-12-20)16-7-2-1-3-8-16/h1-3,7-8,17-18H,4-6,9-15H2,(H,21,23). The molecule has 1 aromatic rings. The summed E-state index contributed by atoms with van der Waals surface area (Å²) in [6.45, 7) is 2.16. The molecule has 1 N–H and O–H groups in total. The molecule has 130 valence electrons. The van der Waals surface area contributed by atoms with Gasteiger partial charge < -0.3 is 10.1 Å². The van der Waals surface area contributed by atoms with Gasteiger partial charge in [0.1, 0.15) is 0 Å². The van der Waals surface area contributed by atoms with E-state index in [-0.39, 0.29) is 11.4 Å². The van der Waals surface area contributed by atoms with Crippen molar-refractivity contribution in [3.05, 3.63) is 35.9 Å². The minimum Gasteiger partial charge on any atom is -0.375 e. The van der Waals surface area contributed by atoms with E-state index in [9.17, 15) is 4.79 Å². The van der Waals surface area contributed by atoms with Crippen LogP contribution in [0.5, 0.6) is 0 Å². The van der Waals surface area contributed by atoms with Crippen LogP contribution in [-0.4, -0.2) is 42.6 Å². The Morgan fingerprint density at radius 2 is 1.96 bits per heavy atom. The molecule has 4 nitrogen and oxygen atoms in total. The lowest BCUT2D eigenvalue weighted by molar-refractivity contribution is -0.132. The Labute approximate surface area is 144 Å². The topological polar surface area (TPSA) is 41.6 Å². The van der Waals surface area contributed by atoms with Crippen LogP contribution in [0.25, 0.3) is 0 Å². The Morgan fingerprint density at radius 1 is 1.17 bits per heavy atom. The number of ether oxygens (including phenoxy) is 1. The third-order valence-corrected chi connectivity index (χ3v) is 6.11. The number of fused-ring (bicyclic) bond motifs is 1. The van der Waals surface area contributed by atoms with Gasteiger partial charge in [-0.2, -0.15) is 0 Å². The fourth-order valence-corrected chi connectivity index (χ4v) is 4.64. The lowest BCUT2D eigenvalue weighted by atomic mass is 9.72. The number of hydrogen-bond acceptors (Lipinski definition) is 3. The summed E-state index contributed by atoms with van der Waals surface area (Å²) >= 11 is 0. The molecule has 1 heterocycles. The second-order valence-electron chi connectivity index (χ2n) is 7.58. The Morgan fingerprint density at radius 3 is 2.71 bits per heavy atom. The van der Waals surface area contributed by atoms with E-state index < -0.39 is 0 Å². The molecule has 1 saturated heterocycles. The Kier molecular flexibility index (Phi) is 4.59. The number of nitrogens with zero attached hydrogens (tertiary/aromatic N) is 1. The van der Waals surface area contributed by atoms with Crippen LogP contribution in [0.1, 0.15) is 50.5 Å². The molecule has 2 saturated carbocycles. The predicted octanol–water partition coefficient (Wildman–Crippen LogP) is 2.83. The summed E-state index contributed by atoms with van der Waals surface area (Å²) in [6, 6.07) is 10.9. The van der Waals surface area contributed by atoms with E-state index in [0.717, 1.165) is 32.4 Å². The molecule has 1 amide bonds. The van der Waals surface area contributed by atoms with Crippen molar-refractivity contribution < 1.29 is 9.53 Å². The molecular weight excluding hydrogens is 300 g/mol. The number of hydrogen-bond donors (Lipinski definition) is 1. The van der Waals surface area contributed by atoms with Crippen molar-refractivity contribution in [1.29, 1.82) is 0 Å². The quantitative estimate of drug-likeness (QED) is 0.924. The summed E-state index contributed by atoms with van der Waals surface area (Å²) in [5.41, 5.74) is 1.12. The smallest absolute Gasteiger partial charge is 0.234 e. The summed E-state index contributed by atoms with van der Waals surface area (Å²) in [6.07, 6.45) is 8.48. The highest BCUT2D eigenvalue weighted by Crippen LogP contribution is 2.41. The van der Waals surface area contributed by atoms with Crippen LogP contribution in [-0.2, 0) is 15.1 Å². The van der Waals surface area contributed by atoms with Gasteiger partial charge in [-0.15, -0.1) is 0 Å². The normalized spacial score (nSPS) is 29.3. The number of morpholine rings is 1. The molecule has 2 unspecified atom stereocenters. The summed E-state index contributed by atoms with van der Waals surface area (Å²) in [4.78, 5) is 15.1. The maximum atomic E-state index is 12.8. The van der Waals surface area contributed by atoms with Gasteiger partial charge in [0.25, 0.3) is 0 Å². The molecule has 1 aromatic carbocycles. The van der Waals surface area contributed by atoms with Crippen LogP contribution < -0.4 is 5.32 Å². The van der Waals surface area contributed by atoms with E-state index in [1.165, 1.54) is 31.2 Å². The van der Waals surface area contributed by atoms with Gasteiger partial charge in [0.2, 0.25) is 5.91 Å². The molecule has 4 rings (SSSR count). The second kappa shape index (κ2) is 6.85. The molecule has 3 aliphatic rings. The third kappa shape index (κ3) is 3.09. The van der Waals surface area contributed by atoms with Crippen molar-refractivity contribution in [2.24, 2.45) is 0 Å². The van der Waals surface area contributed by atoms with Crippen LogP contribution in [0.3, 0.4) is 0 Å². The largest absolute Gasteiger partial charge is 0.375 e. The number of benzene rings is 1. The van der Waals surface area contributed by atoms with Gasteiger partial charge in [-0.05, 0) is 37.7 Å². The Balaban J connectivity index is 1.41. The van der Waals surface area contributed by atoms with Gasteiger partial charge in [-0.1, -0.05) is 43.2 Å². The van der Waals surface area contributed by atoms with Crippen LogP contribution in [0.15, 0.2) is 30.3 Å². The van der Waals surface area contributed by atoms with Gasteiger partial charge in [0.05, 0.1) is 24.8 Å². The maximum absolute atomic E-state index is 12.8. The van der Waals surface area contributed by atoms with Crippen molar-refractivity contribution in [1.82, 2.24) is 10.2 Å². The minimum absolute atomic E-state index is 0.128. The monoisotopic (exact) mass is 328 g/mol. The maximum Gasteiger partial charge on any atom is 0.234 e. The predicted molar refractivity (Wildman–Crippen MR) is 93.7 cm³/mol. The SMILES string of the molecule is O=C(CN1CCOC2CCCCC21)NC1(c2ccccc2)CCC1. The van der Waals surface area contributed by atoms with Crippen molar-refractivity contribution in [2.75, 3.05) is 19.7 Å². The fourth-order valence-electron chi connectivity index (χ4n) is 4.64. The zero-order valence-corrected chi connectivity index (χ0v) is 14.4. The van der Waals surface area contributed by atoms with Gasteiger partial charge in [-0.25, -0.2) is 0 Å². The lowest BCUT2D eigenvalue weighted by Gasteiger charge is -2.46. The van der Waals surface area contributed by atoms with Gasteiger partial charge in [0, 0.05) is 12.6 Å². The van der Waals surface area contributed by atoms with Gasteiger partial charge in [0.15, 0.2) is 0 Å². The number of carbonyl (C=O) groups is 1. The van der Waals surface area contributed by atoms with Gasteiger partial charge >= 0.3 is 0 Å². The molecule has 3 fully saturated rings. The highest BCUT2D eigenvalue weighted by atomic mass is 16.5. The molecule has 2 aliphatic carbocycles. The third-order valence-electron chi connectivity index (χ3n) is 6.11. The fraction of sp³-hybridized carbons (Fsp3) is 0.650. The molecular formula is C20H28N2O2. The lowest BCUT2D eigenvalue weighted by Crippen LogP contribution is -2.58. The molecule has 0 spiro atoms. The molecule has 0 bridgehead atoms. The van der Waals surface area contributed by atoms with Crippen LogP contribution in [0.4, 0.5) is 0 Å². The first-order valence-corrected chi connectivity index (χ1v) is 9.49. The zero-order valence-electron chi connectivity index (χ0n) is 14.4. The number of amides is 1. The molecule has 4 heteroatoms. The van der Waals surface area contributed by atoms with Crippen molar-refractivity contribution in [3.63, 3.8) is 0 Å². The van der Waals surface area contributed by atoms with E-state index in [1.807, 2.05) is 6.07 Å². The van der Waals surface area contributed by atoms with E-state index in [0.29, 0.717) is 18.7 Å². The first-order valence-electron chi connectivity index (χ1n) is 9.49. The minimum atomic E-state index is -0.128. The zero-order chi connectivity index (χ0) is 16.4. The summed E-state index contributed by atoms with van der Waals surface area (Å²) in [7, 11) is 0. The molecule has 0 aromatic heterocycles. The number of rotatable bonds is 4. The molecule has 2 atom stereocenters.